The van der Waals surface area contributed by atoms with Crippen LogP contribution in [0.2, 0.25) is 0 Å². The van der Waals surface area contributed by atoms with Gasteiger partial charge in [-0.1, -0.05) is 0 Å². The molecular formula is C16H15ClF3N3O. The molecule has 1 unspecified atom stereocenters. The van der Waals surface area contributed by atoms with Gasteiger partial charge in [-0.2, -0.15) is 5.10 Å². The SMILES string of the molecule is O=C(CCl)N(Cc1c(F)ccc(F)c1F)C1CCn2nccc2C1. The van der Waals surface area contributed by atoms with E-state index < -0.39 is 28.9 Å². The highest BCUT2D eigenvalue weighted by Crippen LogP contribution is 2.24. The van der Waals surface area contributed by atoms with Gasteiger partial charge in [0.1, 0.15) is 11.7 Å². The number of fused-ring (bicyclic) bond motifs is 1. The van der Waals surface area contributed by atoms with Crippen LogP contribution in [0.15, 0.2) is 24.4 Å². The molecule has 1 aromatic carbocycles. The third-order valence-corrected chi connectivity index (χ3v) is 4.49. The van der Waals surface area contributed by atoms with Gasteiger partial charge in [0, 0.05) is 36.5 Å². The van der Waals surface area contributed by atoms with Gasteiger partial charge in [-0.25, -0.2) is 13.2 Å². The lowest BCUT2D eigenvalue weighted by molar-refractivity contribution is -0.132. The Morgan fingerprint density at radius 2 is 2.04 bits per heavy atom. The van der Waals surface area contributed by atoms with Crippen LogP contribution in [-0.4, -0.2) is 32.5 Å². The largest absolute Gasteiger partial charge is 0.334 e. The zero-order valence-electron chi connectivity index (χ0n) is 12.7. The topological polar surface area (TPSA) is 38.1 Å². The number of hydrogen-bond acceptors (Lipinski definition) is 2. The number of halogens is 4. The van der Waals surface area contributed by atoms with Crippen molar-refractivity contribution in [2.75, 3.05) is 5.88 Å². The molecule has 0 saturated heterocycles. The van der Waals surface area contributed by atoms with Crippen molar-refractivity contribution in [2.45, 2.75) is 32.0 Å². The van der Waals surface area contributed by atoms with E-state index in [-0.39, 0.29) is 18.5 Å². The van der Waals surface area contributed by atoms with Crippen molar-refractivity contribution in [3.8, 4) is 0 Å². The van der Waals surface area contributed by atoms with Crippen molar-refractivity contribution in [3.05, 3.63) is 53.1 Å². The van der Waals surface area contributed by atoms with Crippen molar-refractivity contribution in [1.29, 1.82) is 0 Å². The van der Waals surface area contributed by atoms with Gasteiger partial charge in [0.25, 0.3) is 0 Å². The number of carbonyl (C=O) groups excluding carboxylic acids is 1. The molecule has 3 rings (SSSR count). The predicted octanol–water partition coefficient (Wildman–Crippen LogP) is 2.88. The summed E-state index contributed by atoms with van der Waals surface area (Å²) in [5.41, 5.74) is 0.464. The Bertz CT molecular complexity index is 765. The second kappa shape index (κ2) is 6.84. The molecular weight excluding hydrogens is 343 g/mol. The summed E-state index contributed by atoms with van der Waals surface area (Å²) < 4.78 is 43.1. The summed E-state index contributed by atoms with van der Waals surface area (Å²) in [6.45, 7) is 0.229. The molecule has 0 bridgehead atoms. The Balaban J connectivity index is 1.89. The zero-order valence-corrected chi connectivity index (χ0v) is 13.4. The minimum Gasteiger partial charge on any atom is -0.334 e. The van der Waals surface area contributed by atoms with Crippen LogP contribution in [0.1, 0.15) is 17.7 Å². The van der Waals surface area contributed by atoms with Crippen LogP contribution in [0, 0.1) is 17.5 Å². The molecule has 4 nitrogen and oxygen atoms in total. The van der Waals surface area contributed by atoms with Gasteiger partial charge in [0.15, 0.2) is 11.6 Å². The van der Waals surface area contributed by atoms with Crippen LogP contribution in [0.5, 0.6) is 0 Å². The molecule has 1 atom stereocenters. The molecule has 0 spiro atoms. The Labute approximate surface area is 141 Å². The standard InChI is InChI=1S/C16H15ClF3N3O/c17-8-15(24)22(9-12-13(18)1-2-14(19)16(12)20)10-4-6-23-11(7-10)3-5-21-23/h1-3,5,10H,4,6-9H2. The summed E-state index contributed by atoms with van der Waals surface area (Å²) in [6, 6.07) is 3.13. The van der Waals surface area contributed by atoms with Gasteiger partial charge in [0.2, 0.25) is 5.91 Å². The Hall–Kier alpha value is -2.02. The smallest absolute Gasteiger partial charge is 0.238 e. The van der Waals surface area contributed by atoms with Gasteiger partial charge in [0.05, 0.1) is 6.54 Å². The van der Waals surface area contributed by atoms with Crippen LogP contribution in [0.3, 0.4) is 0 Å². The highest BCUT2D eigenvalue weighted by atomic mass is 35.5. The number of amides is 1. The van der Waals surface area contributed by atoms with E-state index in [1.165, 1.54) is 4.90 Å². The van der Waals surface area contributed by atoms with Crippen molar-refractivity contribution in [3.63, 3.8) is 0 Å². The molecule has 0 aliphatic carbocycles. The van der Waals surface area contributed by atoms with E-state index in [0.29, 0.717) is 19.4 Å². The summed E-state index contributed by atoms with van der Waals surface area (Å²) in [5.74, 6) is -4.07. The maximum Gasteiger partial charge on any atom is 0.238 e. The fourth-order valence-electron chi connectivity index (χ4n) is 3.00. The van der Waals surface area contributed by atoms with Crippen LogP contribution in [0.4, 0.5) is 13.2 Å². The van der Waals surface area contributed by atoms with Gasteiger partial charge in [-0.15, -0.1) is 11.6 Å². The Morgan fingerprint density at radius 3 is 2.79 bits per heavy atom. The molecule has 1 aliphatic rings. The molecule has 0 saturated carbocycles. The third kappa shape index (κ3) is 3.13. The molecule has 1 aliphatic heterocycles. The molecule has 0 radical (unpaired) electrons. The lowest BCUT2D eigenvalue weighted by Crippen LogP contribution is -2.45. The lowest BCUT2D eigenvalue weighted by Gasteiger charge is -2.34. The number of nitrogens with zero attached hydrogens (tertiary/aromatic N) is 3. The number of alkyl halides is 1. The number of rotatable bonds is 4. The highest BCUT2D eigenvalue weighted by molar-refractivity contribution is 6.27. The van der Waals surface area contributed by atoms with Crippen molar-refractivity contribution in [2.24, 2.45) is 0 Å². The van der Waals surface area contributed by atoms with Crippen LogP contribution in [-0.2, 0) is 24.3 Å². The predicted molar refractivity (Wildman–Crippen MR) is 81.9 cm³/mol. The van der Waals surface area contributed by atoms with Crippen molar-refractivity contribution < 1.29 is 18.0 Å². The van der Waals surface area contributed by atoms with Gasteiger partial charge in [-0.3, -0.25) is 9.48 Å². The summed E-state index contributed by atoms with van der Waals surface area (Å²) in [7, 11) is 0. The number of carbonyl (C=O) groups is 1. The first-order valence-electron chi connectivity index (χ1n) is 7.49. The fourth-order valence-corrected chi connectivity index (χ4v) is 3.15. The Morgan fingerprint density at radius 1 is 1.29 bits per heavy atom. The van der Waals surface area contributed by atoms with E-state index in [0.717, 1.165) is 17.8 Å². The third-order valence-electron chi connectivity index (χ3n) is 4.27. The molecule has 2 aromatic rings. The molecule has 2 heterocycles. The molecule has 0 N–H and O–H groups in total. The maximum atomic E-state index is 13.9. The zero-order chi connectivity index (χ0) is 17.3. The number of hydrogen-bond donors (Lipinski definition) is 0. The number of aromatic nitrogens is 2. The summed E-state index contributed by atoms with van der Waals surface area (Å²) >= 11 is 5.65. The van der Waals surface area contributed by atoms with E-state index in [4.69, 9.17) is 11.6 Å². The normalized spacial score (nSPS) is 16.8. The molecule has 1 aromatic heterocycles. The summed E-state index contributed by atoms with van der Waals surface area (Å²) in [4.78, 5) is 13.5. The van der Waals surface area contributed by atoms with Gasteiger partial charge >= 0.3 is 0 Å². The van der Waals surface area contributed by atoms with E-state index >= 15 is 0 Å². The number of benzene rings is 1. The lowest BCUT2D eigenvalue weighted by atomic mass is 10.0. The first-order valence-corrected chi connectivity index (χ1v) is 8.03. The van der Waals surface area contributed by atoms with E-state index in [1.807, 2.05) is 10.7 Å². The minimum atomic E-state index is -1.27. The van der Waals surface area contributed by atoms with Crippen LogP contribution in [0.25, 0.3) is 0 Å². The second-order valence-electron chi connectivity index (χ2n) is 5.67. The van der Waals surface area contributed by atoms with Gasteiger partial charge in [-0.05, 0) is 24.6 Å². The average Bonchev–Trinajstić information content (AvgIpc) is 3.05. The second-order valence-corrected chi connectivity index (χ2v) is 5.94. The van der Waals surface area contributed by atoms with Crippen LogP contribution < -0.4 is 0 Å². The summed E-state index contributed by atoms with van der Waals surface area (Å²) in [6.07, 6.45) is 2.74. The molecule has 128 valence electrons. The maximum absolute atomic E-state index is 13.9. The van der Waals surface area contributed by atoms with Crippen LogP contribution >= 0.6 is 11.6 Å². The monoisotopic (exact) mass is 357 g/mol. The fraction of sp³-hybridized carbons (Fsp3) is 0.375. The average molecular weight is 358 g/mol. The molecule has 1 amide bonds. The van der Waals surface area contributed by atoms with E-state index in [9.17, 15) is 18.0 Å². The quantitative estimate of drug-likeness (QED) is 0.623. The van der Waals surface area contributed by atoms with Crippen molar-refractivity contribution >= 4 is 17.5 Å². The first kappa shape index (κ1) is 16.8. The van der Waals surface area contributed by atoms with Crippen molar-refractivity contribution in [1.82, 2.24) is 14.7 Å². The molecule has 0 fully saturated rings. The van der Waals surface area contributed by atoms with Gasteiger partial charge < -0.3 is 4.90 Å². The van der Waals surface area contributed by atoms with E-state index in [1.54, 1.807) is 6.20 Å². The van der Waals surface area contributed by atoms with E-state index in [2.05, 4.69) is 5.10 Å². The minimum absolute atomic E-state index is 0.275. The number of aryl methyl sites for hydroxylation is 1. The Kier molecular flexibility index (Phi) is 4.80. The first-order chi connectivity index (χ1) is 11.5. The highest BCUT2D eigenvalue weighted by Gasteiger charge is 2.29. The summed E-state index contributed by atoms with van der Waals surface area (Å²) in [5, 5.41) is 4.16. The molecule has 8 heteroatoms. The molecule has 24 heavy (non-hydrogen) atoms.